The van der Waals surface area contributed by atoms with Crippen molar-refractivity contribution in [3.8, 4) is 11.5 Å². The van der Waals surface area contributed by atoms with Gasteiger partial charge in [0, 0.05) is 20.6 Å². The van der Waals surface area contributed by atoms with Crippen molar-refractivity contribution in [2.24, 2.45) is 4.99 Å². The molecular weight excluding hydrogens is 519 g/mol. The Kier molecular flexibility index (Phi) is 12.5. The number of benzene rings is 2. The number of ether oxygens (including phenoxy) is 2. The van der Waals surface area contributed by atoms with E-state index in [1.54, 1.807) is 33.2 Å². The number of amides is 1. The highest BCUT2D eigenvalue weighted by atomic mass is 127. The lowest BCUT2D eigenvalue weighted by atomic mass is 9.98. The van der Waals surface area contributed by atoms with E-state index in [0.717, 1.165) is 30.0 Å². The van der Waals surface area contributed by atoms with Gasteiger partial charge in [-0.05, 0) is 47.7 Å². The standard InChI is InChI=1S/C24H34N4O3.HI/c1-18(20-8-12-22(31-5)13-9-20)14-15-25-24(27-17-23(29)28(2)3)26-16-19-6-10-21(30-4)11-7-19;/h6-13,18H,14-17H2,1-5H3,(H2,25,26,27);1H. The van der Waals surface area contributed by atoms with Gasteiger partial charge in [0.2, 0.25) is 5.91 Å². The van der Waals surface area contributed by atoms with E-state index in [1.165, 1.54) is 5.56 Å². The van der Waals surface area contributed by atoms with Crippen LogP contribution in [0.25, 0.3) is 0 Å². The van der Waals surface area contributed by atoms with Crippen LogP contribution in [0, 0.1) is 0 Å². The number of guanidine groups is 1. The van der Waals surface area contributed by atoms with Crippen molar-refractivity contribution in [2.75, 3.05) is 41.4 Å². The van der Waals surface area contributed by atoms with Crippen LogP contribution in [0.15, 0.2) is 53.5 Å². The SMILES string of the molecule is COc1ccc(CN=C(NCCC(C)c2ccc(OC)cc2)NCC(=O)N(C)C)cc1.I. The summed E-state index contributed by atoms with van der Waals surface area (Å²) in [4.78, 5) is 18.2. The van der Waals surface area contributed by atoms with Crippen LogP contribution in [0.5, 0.6) is 11.5 Å². The fourth-order valence-corrected chi connectivity index (χ4v) is 2.90. The van der Waals surface area contributed by atoms with Crippen LogP contribution in [0.4, 0.5) is 0 Å². The van der Waals surface area contributed by atoms with Gasteiger partial charge in [0.1, 0.15) is 11.5 Å². The van der Waals surface area contributed by atoms with Crippen molar-refractivity contribution in [2.45, 2.75) is 25.8 Å². The number of nitrogens with zero attached hydrogens (tertiary/aromatic N) is 2. The summed E-state index contributed by atoms with van der Waals surface area (Å²) in [5.41, 5.74) is 2.32. The lowest BCUT2D eigenvalue weighted by molar-refractivity contribution is -0.127. The second-order valence-electron chi connectivity index (χ2n) is 7.54. The zero-order valence-electron chi connectivity index (χ0n) is 19.6. The number of methoxy groups -OCH3 is 2. The normalized spacial score (nSPS) is 11.7. The summed E-state index contributed by atoms with van der Waals surface area (Å²) < 4.78 is 10.4. The fourth-order valence-electron chi connectivity index (χ4n) is 2.90. The minimum atomic E-state index is -0.00875. The molecule has 8 heteroatoms. The van der Waals surface area contributed by atoms with E-state index in [-0.39, 0.29) is 36.4 Å². The van der Waals surface area contributed by atoms with E-state index in [4.69, 9.17) is 9.47 Å². The van der Waals surface area contributed by atoms with E-state index in [2.05, 4.69) is 34.7 Å². The highest BCUT2D eigenvalue weighted by Gasteiger charge is 2.09. The number of likely N-dealkylation sites (N-methyl/N-ethyl adjacent to an activating group) is 1. The van der Waals surface area contributed by atoms with Gasteiger partial charge in [-0.15, -0.1) is 24.0 Å². The van der Waals surface area contributed by atoms with Crippen LogP contribution < -0.4 is 20.1 Å². The molecule has 7 nitrogen and oxygen atoms in total. The Morgan fingerprint density at radius 3 is 2.06 bits per heavy atom. The average molecular weight is 554 g/mol. The first-order chi connectivity index (χ1) is 14.9. The molecular formula is C24H35IN4O3. The van der Waals surface area contributed by atoms with Crippen LogP contribution in [-0.2, 0) is 11.3 Å². The van der Waals surface area contributed by atoms with Crippen LogP contribution in [0.3, 0.4) is 0 Å². The minimum Gasteiger partial charge on any atom is -0.497 e. The number of carbonyl (C=O) groups excluding carboxylic acids is 1. The number of aliphatic imine (C=N–C) groups is 1. The van der Waals surface area contributed by atoms with Crippen molar-refractivity contribution in [3.05, 3.63) is 59.7 Å². The summed E-state index contributed by atoms with van der Waals surface area (Å²) in [5, 5.41) is 6.48. The van der Waals surface area contributed by atoms with Gasteiger partial charge in [0.05, 0.1) is 27.3 Å². The van der Waals surface area contributed by atoms with Crippen molar-refractivity contribution in [3.63, 3.8) is 0 Å². The molecule has 0 heterocycles. The molecule has 32 heavy (non-hydrogen) atoms. The Morgan fingerprint density at radius 2 is 1.53 bits per heavy atom. The van der Waals surface area contributed by atoms with Crippen LogP contribution in [0.2, 0.25) is 0 Å². The summed E-state index contributed by atoms with van der Waals surface area (Å²) in [5.74, 6) is 2.66. The second-order valence-corrected chi connectivity index (χ2v) is 7.54. The lowest BCUT2D eigenvalue weighted by Gasteiger charge is -2.17. The molecule has 0 saturated carbocycles. The van der Waals surface area contributed by atoms with Crippen molar-refractivity contribution < 1.29 is 14.3 Å². The monoisotopic (exact) mass is 554 g/mol. The van der Waals surface area contributed by atoms with Crippen LogP contribution >= 0.6 is 24.0 Å². The summed E-state index contributed by atoms with van der Waals surface area (Å²) >= 11 is 0. The summed E-state index contributed by atoms with van der Waals surface area (Å²) in [6.45, 7) is 3.62. The molecule has 0 fully saturated rings. The van der Waals surface area contributed by atoms with Gasteiger partial charge in [-0.25, -0.2) is 4.99 Å². The third-order valence-corrected chi connectivity index (χ3v) is 5.04. The van der Waals surface area contributed by atoms with Gasteiger partial charge in [-0.2, -0.15) is 0 Å². The lowest BCUT2D eigenvalue weighted by Crippen LogP contribution is -2.43. The number of nitrogens with one attached hydrogen (secondary N) is 2. The molecule has 2 N–H and O–H groups in total. The quantitative estimate of drug-likeness (QED) is 0.267. The Bertz CT molecular complexity index is 839. The summed E-state index contributed by atoms with van der Waals surface area (Å²) in [7, 11) is 6.79. The highest BCUT2D eigenvalue weighted by Crippen LogP contribution is 2.21. The fraction of sp³-hybridized carbons (Fsp3) is 0.417. The Morgan fingerprint density at radius 1 is 0.969 bits per heavy atom. The smallest absolute Gasteiger partial charge is 0.241 e. The van der Waals surface area contributed by atoms with Gasteiger partial charge < -0.3 is 25.0 Å². The average Bonchev–Trinajstić information content (AvgIpc) is 2.80. The molecule has 0 radical (unpaired) electrons. The maximum absolute atomic E-state index is 12.0. The Balaban J connectivity index is 0.00000512. The summed E-state index contributed by atoms with van der Waals surface area (Å²) in [6.07, 6.45) is 0.928. The number of rotatable bonds is 10. The highest BCUT2D eigenvalue weighted by molar-refractivity contribution is 14.0. The van der Waals surface area contributed by atoms with Crippen molar-refractivity contribution in [1.29, 1.82) is 0 Å². The molecule has 1 atom stereocenters. The topological polar surface area (TPSA) is 75.2 Å². The van der Waals surface area contributed by atoms with Gasteiger partial charge in [-0.1, -0.05) is 31.2 Å². The third kappa shape index (κ3) is 9.33. The first kappa shape index (κ1) is 27.5. The number of hydrogen-bond donors (Lipinski definition) is 2. The molecule has 2 aromatic carbocycles. The molecule has 0 saturated heterocycles. The molecule has 0 bridgehead atoms. The molecule has 1 unspecified atom stereocenters. The zero-order valence-corrected chi connectivity index (χ0v) is 21.9. The molecule has 0 aliphatic heterocycles. The van der Waals surface area contributed by atoms with E-state index >= 15 is 0 Å². The van der Waals surface area contributed by atoms with E-state index in [1.807, 2.05) is 36.4 Å². The number of halogens is 1. The molecule has 0 spiro atoms. The molecule has 0 aromatic heterocycles. The maximum Gasteiger partial charge on any atom is 0.241 e. The first-order valence-corrected chi connectivity index (χ1v) is 10.4. The maximum atomic E-state index is 12.0. The van der Waals surface area contributed by atoms with Crippen LogP contribution in [-0.4, -0.2) is 58.2 Å². The largest absolute Gasteiger partial charge is 0.497 e. The van der Waals surface area contributed by atoms with Crippen molar-refractivity contribution >= 4 is 35.8 Å². The molecule has 0 aliphatic rings. The van der Waals surface area contributed by atoms with Gasteiger partial charge >= 0.3 is 0 Å². The molecule has 0 aliphatic carbocycles. The minimum absolute atomic E-state index is 0. The van der Waals surface area contributed by atoms with Crippen molar-refractivity contribution in [1.82, 2.24) is 15.5 Å². The molecule has 2 rings (SSSR count). The van der Waals surface area contributed by atoms with E-state index < -0.39 is 0 Å². The third-order valence-electron chi connectivity index (χ3n) is 5.04. The number of hydrogen-bond acceptors (Lipinski definition) is 4. The predicted molar refractivity (Wildman–Crippen MR) is 140 cm³/mol. The predicted octanol–water partition coefficient (Wildman–Crippen LogP) is 3.64. The Hall–Kier alpha value is -2.49. The van der Waals surface area contributed by atoms with E-state index in [0.29, 0.717) is 18.4 Å². The van der Waals surface area contributed by atoms with Crippen LogP contribution in [0.1, 0.15) is 30.4 Å². The van der Waals surface area contributed by atoms with E-state index in [9.17, 15) is 4.79 Å². The second kappa shape index (κ2) is 14.5. The Labute approximate surface area is 208 Å². The molecule has 1 amide bonds. The zero-order chi connectivity index (χ0) is 22.6. The van der Waals surface area contributed by atoms with Gasteiger partial charge in [-0.3, -0.25) is 4.79 Å². The van der Waals surface area contributed by atoms with Gasteiger partial charge in [0.25, 0.3) is 0 Å². The molecule has 176 valence electrons. The molecule has 2 aromatic rings. The van der Waals surface area contributed by atoms with Gasteiger partial charge in [0.15, 0.2) is 5.96 Å². The summed E-state index contributed by atoms with van der Waals surface area (Å²) in [6, 6.07) is 15.9. The number of carbonyl (C=O) groups is 1. The first-order valence-electron chi connectivity index (χ1n) is 10.4.